The predicted molar refractivity (Wildman–Crippen MR) is 109 cm³/mol. The van der Waals surface area contributed by atoms with E-state index in [0.29, 0.717) is 6.07 Å². The van der Waals surface area contributed by atoms with Crippen LogP contribution in [-0.4, -0.2) is 21.9 Å². The van der Waals surface area contributed by atoms with Gasteiger partial charge >= 0.3 is 12.4 Å². The van der Waals surface area contributed by atoms with E-state index in [9.17, 15) is 31.1 Å². The highest BCUT2D eigenvalue weighted by Gasteiger charge is 2.42. The van der Waals surface area contributed by atoms with Crippen LogP contribution < -0.4 is 5.32 Å². The zero-order valence-corrected chi connectivity index (χ0v) is 16.8. The number of rotatable bonds is 5. The molecule has 0 atom stereocenters. The van der Waals surface area contributed by atoms with Crippen LogP contribution in [0.4, 0.5) is 26.3 Å². The van der Waals surface area contributed by atoms with Gasteiger partial charge in [0, 0.05) is 36.3 Å². The first-order chi connectivity index (χ1) is 15.6. The molecular formula is C23H15F6N3O. The maximum absolute atomic E-state index is 14.1. The van der Waals surface area contributed by atoms with E-state index in [1.807, 2.05) is 0 Å². The van der Waals surface area contributed by atoms with Gasteiger partial charge in [0.05, 0.1) is 22.2 Å². The number of aromatic nitrogens is 2. The fourth-order valence-corrected chi connectivity index (χ4v) is 3.68. The first-order valence-electron chi connectivity index (χ1n) is 9.70. The molecule has 0 spiro atoms. The molecule has 0 amide bonds. The van der Waals surface area contributed by atoms with Crippen LogP contribution in [0.15, 0.2) is 60.9 Å². The number of nitrogens with zero attached hydrogens (tertiary/aromatic N) is 2. The second kappa shape index (κ2) is 8.43. The summed E-state index contributed by atoms with van der Waals surface area (Å²) in [6.45, 7) is 0.0376. The van der Waals surface area contributed by atoms with E-state index < -0.39 is 34.6 Å². The molecular weight excluding hydrogens is 448 g/mol. The lowest BCUT2D eigenvalue weighted by Crippen LogP contribution is -2.23. The summed E-state index contributed by atoms with van der Waals surface area (Å²) in [6, 6.07) is 12.2. The molecule has 0 fully saturated rings. The van der Waals surface area contributed by atoms with Crippen LogP contribution in [0, 0.1) is 0 Å². The molecule has 0 unspecified atom stereocenters. The number of benzene rings is 2. The summed E-state index contributed by atoms with van der Waals surface area (Å²) in [7, 11) is 0. The van der Waals surface area contributed by atoms with Gasteiger partial charge in [-0.05, 0) is 29.3 Å². The first-order valence-corrected chi connectivity index (χ1v) is 9.70. The van der Waals surface area contributed by atoms with Gasteiger partial charge in [-0.25, -0.2) is 0 Å². The van der Waals surface area contributed by atoms with Gasteiger partial charge in [-0.1, -0.05) is 30.3 Å². The number of nitrogens with one attached hydrogen (secondary N) is 1. The normalized spacial score (nSPS) is 12.4. The molecule has 10 heteroatoms. The van der Waals surface area contributed by atoms with Crippen molar-refractivity contribution in [2.75, 3.05) is 0 Å². The Balaban J connectivity index is 1.89. The van der Waals surface area contributed by atoms with Crippen LogP contribution >= 0.6 is 0 Å². The van der Waals surface area contributed by atoms with Gasteiger partial charge in [-0.15, -0.1) is 0 Å². The summed E-state index contributed by atoms with van der Waals surface area (Å²) in [6.07, 6.45) is -7.98. The largest absolute Gasteiger partial charge is 0.454 e. The summed E-state index contributed by atoms with van der Waals surface area (Å²) in [5, 5.41) is 2.23. The maximum Gasteiger partial charge on any atom is 0.454 e. The van der Waals surface area contributed by atoms with Gasteiger partial charge in [-0.2, -0.15) is 26.3 Å². The molecule has 170 valence electrons. The molecule has 4 rings (SSSR count). The molecule has 4 aromatic rings. The first kappa shape index (κ1) is 22.7. The van der Waals surface area contributed by atoms with Gasteiger partial charge in [-0.3, -0.25) is 14.8 Å². The summed E-state index contributed by atoms with van der Waals surface area (Å²) in [5.74, 6) is -2.27. The second-order valence-corrected chi connectivity index (χ2v) is 7.29. The Morgan fingerprint density at radius 3 is 2.24 bits per heavy atom. The third-order valence-corrected chi connectivity index (χ3v) is 5.07. The minimum atomic E-state index is -5.28. The third kappa shape index (κ3) is 4.51. The van der Waals surface area contributed by atoms with Crippen molar-refractivity contribution in [3.63, 3.8) is 0 Å². The average molecular weight is 463 g/mol. The van der Waals surface area contributed by atoms with Crippen LogP contribution in [0.2, 0.25) is 0 Å². The average Bonchev–Trinajstić information content (AvgIpc) is 2.77. The Hall–Kier alpha value is -3.53. The van der Waals surface area contributed by atoms with Crippen molar-refractivity contribution in [2.45, 2.75) is 25.4 Å². The SMILES string of the molecule is O=C(c1cc2c(C(F)(F)F)c(CNCc3ccccc3)cnc2c2cccnc12)C(F)(F)F. The van der Waals surface area contributed by atoms with Crippen molar-refractivity contribution in [3.05, 3.63) is 83.2 Å². The topological polar surface area (TPSA) is 54.9 Å². The number of halogens is 6. The van der Waals surface area contributed by atoms with Crippen LogP contribution in [0.5, 0.6) is 0 Å². The number of hydrogen-bond acceptors (Lipinski definition) is 4. The van der Waals surface area contributed by atoms with E-state index in [1.54, 1.807) is 30.3 Å². The summed E-state index contributed by atoms with van der Waals surface area (Å²) in [5.41, 5.74) is -2.05. The lowest BCUT2D eigenvalue weighted by atomic mass is 9.96. The Labute approximate surface area is 183 Å². The molecule has 0 saturated heterocycles. The van der Waals surface area contributed by atoms with Gasteiger partial charge in [0.25, 0.3) is 5.78 Å². The number of pyridine rings is 2. The highest BCUT2D eigenvalue weighted by molar-refractivity contribution is 6.17. The molecule has 1 N–H and O–H groups in total. The molecule has 2 aromatic heterocycles. The van der Waals surface area contributed by atoms with Crippen molar-refractivity contribution in [1.29, 1.82) is 0 Å². The molecule has 0 saturated carbocycles. The van der Waals surface area contributed by atoms with E-state index in [1.165, 1.54) is 12.1 Å². The number of fused-ring (bicyclic) bond motifs is 3. The predicted octanol–water partition coefficient (Wildman–Crippen LogP) is 5.84. The smallest absolute Gasteiger partial charge is 0.309 e. The molecule has 0 aliphatic heterocycles. The Bertz CT molecular complexity index is 1330. The minimum Gasteiger partial charge on any atom is -0.309 e. The van der Waals surface area contributed by atoms with E-state index in [-0.39, 0.29) is 35.1 Å². The molecule has 2 aromatic carbocycles. The summed E-state index contributed by atoms with van der Waals surface area (Å²) < 4.78 is 81.9. The van der Waals surface area contributed by atoms with Gasteiger partial charge < -0.3 is 5.32 Å². The molecule has 0 bridgehead atoms. The van der Waals surface area contributed by atoms with Crippen molar-refractivity contribution in [3.8, 4) is 0 Å². The van der Waals surface area contributed by atoms with Crippen molar-refractivity contribution < 1.29 is 31.1 Å². The van der Waals surface area contributed by atoms with Crippen LogP contribution in [-0.2, 0) is 19.3 Å². The van der Waals surface area contributed by atoms with Crippen LogP contribution in [0.25, 0.3) is 21.8 Å². The number of carbonyl (C=O) groups is 1. The summed E-state index contributed by atoms with van der Waals surface area (Å²) in [4.78, 5) is 19.9. The van der Waals surface area contributed by atoms with Crippen molar-refractivity contribution in [1.82, 2.24) is 15.3 Å². The molecule has 4 nitrogen and oxygen atoms in total. The molecule has 33 heavy (non-hydrogen) atoms. The number of carbonyl (C=O) groups excluding carboxylic acids is 1. The number of ketones is 1. The highest BCUT2D eigenvalue weighted by Crippen LogP contribution is 2.40. The van der Waals surface area contributed by atoms with Gasteiger partial charge in [0.2, 0.25) is 0 Å². The number of alkyl halides is 6. The quantitative estimate of drug-likeness (QED) is 0.230. The minimum absolute atomic E-state index is 0.0723. The standard InChI is InChI=1S/C23H15F6N3O/c24-22(25,26)18-14(11-30-10-13-5-2-1-3-6-13)12-32-19-15-7-4-8-31-20(15)17(9-16(18)19)21(33)23(27,28)29/h1-9,12,30H,10-11H2. The van der Waals surface area contributed by atoms with E-state index in [2.05, 4.69) is 15.3 Å². The van der Waals surface area contributed by atoms with Crippen LogP contribution in [0.1, 0.15) is 27.0 Å². The van der Waals surface area contributed by atoms with E-state index >= 15 is 0 Å². The van der Waals surface area contributed by atoms with Crippen molar-refractivity contribution >= 4 is 27.6 Å². The fourth-order valence-electron chi connectivity index (χ4n) is 3.68. The highest BCUT2D eigenvalue weighted by atomic mass is 19.4. The second-order valence-electron chi connectivity index (χ2n) is 7.29. The van der Waals surface area contributed by atoms with E-state index in [4.69, 9.17) is 0 Å². The number of Topliss-reactive ketones (excluding diaryl/α,β-unsaturated/α-hetero) is 1. The van der Waals surface area contributed by atoms with Gasteiger partial charge in [0.15, 0.2) is 0 Å². The van der Waals surface area contributed by atoms with Gasteiger partial charge in [0.1, 0.15) is 0 Å². The van der Waals surface area contributed by atoms with Crippen LogP contribution in [0.3, 0.4) is 0 Å². The molecule has 2 heterocycles. The molecule has 0 radical (unpaired) electrons. The fraction of sp³-hybridized carbons (Fsp3) is 0.174. The lowest BCUT2D eigenvalue weighted by Gasteiger charge is -2.18. The number of hydrogen-bond donors (Lipinski definition) is 1. The van der Waals surface area contributed by atoms with Crippen molar-refractivity contribution in [2.24, 2.45) is 0 Å². The Morgan fingerprint density at radius 2 is 1.58 bits per heavy atom. The zero-order chi connectivity index (χ0) is 23.8. The molecule has 0 aliphatic carbocycles. The third-order valence-electron chi connectivity index (χ3n) is 5.07. The summed E-state index contributed by atoms with van der Waals surface area (Å²) >= 11 is 0. The Kier molecular flexibility index (Phi) is 5.79. The zero-order valence-electron chi connectivity index (χ0n) is 16.8. The maximum atomic E-state index is 14.1. The molecule has 0 aliphatic rings. The lowest BCUT2D eigenvalue weighted by molar-refractivity contribution is -0.137. The monoisotopic (exact) mass is 463 g/mol. The van der Waals surface area contributed by atoms with E-state index in [0.717, 1.165) is 18.0 Å². The Morgan fingerprint density at radius 1 is 0.848 bits per heavy atom.